The van der Waals surface area contributed by atoms with Crippen LogP contribution in [0.5, 0.6) is 5.75 Å². The molecule has 0 bridgehead atoms. The minimum Gasteiger partial charge on any atom is -0.476 e. The van der Waals surface area contributed by atoms with Gasteiger partial charge in [0.2, 0.25) is 10.0 Å². The normalized spacial score (nSPS) is 17.9. The minimum atomic E-state index is -3.74. The van der Waals surface area contributed by atoms with Crippen LogP contribution < -0.4 is 14.4 Å². The molecule has 0 spiro atoms. The molecule has 3 aromatic carbocycles. The van der Waals surface area contributed by atoms with Crippen LogP contribution in [0.15, 0.2) is 78.9 Å². The Bertz CT molecular complexity index is 1310. The number of nitrogens with one attached hydrogen (secondary N) is 1. The smallest absolute Gasteiger partial charge is 0.263 e. The second-order valence-corrected chi connectivity index (χ2v) is 11.2. The average molecular weight is 506 g/mol. The van der Waals surface area contributed by atoms with Gasteiger partial charge in [0.25, 0.3) is 5.91 Å². The lowest BCUT2D eigenvalue weighted by Gasteiger charge is -2.34. The summed E-state index contributed by atoms with van der Waals surface area (Å²) in [7, 11) is -3.74. The Hall–Kier alpha value is -3.36. The fraction of sp³-hybridized carbons (Fsp3) is 0.321. The van der Waals surface area contributed by atoms with Crippen LogP contribution >= 0.6 is 0 Å². The second-order valence-electron chi connectivity index (χ2n) is 9.32. The number of carbonyl (C=O) groups excluding carboxylic acids is 1. The number of nitrogens with zero attached hydrogens (tertiary/aromatic N) is 2. The quantitative estimate of drug-likeness (QED) is 0.505. The van der Waals surface area contributed by atoms with E-state index in [4.69, 9.17) is 4.74 Å². The van der Waals surface area contributed by atoms with E-state index in [0.717, 1.165) is 25.2 Å². The number of anilines is 1. The molecule has 188 valence electrons. The van der Waals surface area contributed by atoms with Crippen molar-refractivity contribution >= 4 is 21.6 Å². The summed E-state index contributed by atoms with van der Waals surface area (Å²) in [6.45, 7) is 3.35. The van der Waals surface area contributed by atoms with Crippen LogP contribution in [0, 0.1) is 0 Å². The fourth-order valence-electron chi connectivity index (χ4n) is 4.83. The number of benzene rings is 3. The van der Waals surface area contributed by atoms with Gasteiger partial charge in [0, 0.05) is 13.1 Å². The molecule has 1 amide bonds. The molecule has 36 heavy (non-hydrogen) atoms. The Labute approximate surface area is 212 Å². The van der Waals surface area contributed by atoms with E-state index < -0.39 is 16.1 Å². The van der Waals surface area contributed by atoms with Gasteiger partial charge in [0.05, 0.1) is 18.0 Å². The number of rotatable bonds is 8. The van der Waals surface area contributed by atoms with Crippen molar-refractivity contribution in [3.05, 3.63) is 95.6 Å². The number of hydrogen-bond acceptors (Lipinski definition) is 5. The van der Waals surface area contributed by atoms with Gasteiger partial charge >= 0.3 is 0 Å². The lowest BCUT2D eigenvalue weighted by molar-refractivity contribution is -0.127. The van der Waals surface area contributed by atoms with Crippen molar-refractivity contribution in [1.29, 1.82) is 0 Å². The lowest BCUT2D eigenvalue weighted by Crippen LogP contribution is -2.50. The number of sulfonamides is 1. The summed E-state index contributed by atoms with van der Waals surface area (Å²) < 4.78 is 34.1. The summed E-state index contributed by atoms with van der Waals surface area (Å²) in [5.41, 5.74) is 3.40. The largest absolute Gasteiger partial charge is 0.476 e. The molecular formula is C28H31N3O4S. The average Bonchev–Trinajstić information content (AvgIpc) is 3.41. The molecule has 1 atom stereocenters. The number of likely N-dealkylation sites (tertiary alicyclic amines) is 1. The highest BCUT2D eigenvalue weighted by Gasteiger charge is 2.36. The molecular weight excluding hydrogens is 474 g/mol. The predicted molar refractivity (Wildman–Crippen MR) is 140 cm³/mol. The third kappa shape index (κ3) is 5.55. The Kier molecular flexibility index (Phi) is 7.25. The SMILES string of the molecule is O=C(NCc1ccccc1CN1CCCC1)[C@@H]1CN(S(=O)(=O)Cc2ccccc2)c2ccccc2O1. The topological polar surface area (TPSA) is 79.0 Å². The van der Waals surface area contributed by atoms with Crippen molar-refractivity contribution in [3.63, 3.8) is 0 Å². The molecule has 1 saturated heterocycles. The second kappa shape index (κ2) is 10.7. The molecule has 0 radical (unpaired) electrons. The van der Waals surface area contributed by atoms with Crippen molar-refractivity contribution < 1.29 is 17.9 Å². The fourth-order valence-corrected chi connectivity index (χ4v) is 6.41. The van der Waals surface area contributed by atoms with Crippen LogP contribution in [0.2, 0.25) is 0 Å². The molecule has 2 heterocycles. The maximum atomic E-state index is 13.4. The molecule has 0 unspecified atom stereocenters. The van der Waals surface area contributed by atoms with E-state index in [-0.39, 0.29) is 18.2 Å². The molecule has 7 nitrogen and oxygen atoms in total. The summed E-state index contributed by atoms with van der Waals surface area (Å²) in [5.74, 6) is -0.101. The summed E-state index contributed by atoms with van der Waals surface area (Å²) in [6, 6.07) is 24.1. The monoisotopic (exact) mass is 505 g/mol. The third-order valence-electron chi connectivity index (χ3n) is 6.72. The van der Waals surface area contributed by atoms with Gasteiger partial charge in [-0.25, -0.2) is 8.42 Å². The van der Waals surface area contributed by atoms with Gasteiger partial charge in [0.1, 0.15) is 5.75 Å². The van der Waals surface area contributed by atoms with E-state index in [9.17, 15) is 13.2 Å². The van der Waals surface area contributed by atoms with Gasteiger partial charge in [-0.3, -0.25) is 14.0 Å². The Morgan fingerprint density at radius 2 is 1.56 bits per heavy atom. The molecule has 5 rings (SSSR count). The van der Waals surface area contributed by atoms with Crippen molar-refractivity contribution in [2.75, 3.05) is 23.9 Å². The van der Waals surface area contributed by atoms with E-state index in [0.29, 0.717) is 23.5 Å². The number of para-hydroxylation sites is 2. The molecule has 0 aliphatic carbocycles. The molecule has 2 aliphatic heterocycles. The van der Waals surface area contributed by atoms with Gasteiger partial charge in [-0.15, -0.1) is 0 Å². The first-order valence-electron chi connectivity index (χ1n) is 12.4. The number of hydrogen-bond donors (Lipinski definition) is 1. The molecule has 3 aromatic rings. The number of fused-ring (bicyclic) bond motifs is 1. The molecule has 1 fully saturated rings. The number of ether oxygens (including phenoxy) is 1. The van der Waals surface area contributed by atoms with Crippen LogP contribution in [0.1, 0.15) is 29.5 Å². The van der Waals surface area contributed by atoms with Gasteiger partial charge in [-0.05, 0) is 54.8 Å². The van der Waals surface area contributed by atoms with Crippen LogP contribution in [0.25, 0.3) is 0 Å². The van der Waals surface area contributed by atoms with Gasteiger partial charge in [0.15, 0.2) is 6.10 Å². The van der Waals surface area contributed by atoms with Crippen molar-refractivity contribution in [1.82, 2.24) is 10.2 Å². The van der Waals surface area contributed by atoms with E-state index in [1.807, 2.05) is 36.4 Å². The minimum absolute atomic E-state index is 0.0760. The Morgan fingerprint density at radius 3 is 2.33 bits per heavy atom. The number of carbonyl (C=O) groups is 1. The summed E-state index contributed by atoms with van der Waals surface area (Å²) in [4.78, 5) is 15.6. The van der Waals surface area contributed by atoms with Gasteiger partial charge in [-0.1, -0.05) is 66.7 Å². The summed E-state index contributed by atoms with van der Waals surface area (Å²) >= 11 is 0. The summed E-state index contributed by atoms with van der Waals surface area (Å²) in [5, 5.41) is 2.98. The standard InChI is InChI=1S/C28H31N3O4S/c32-28(29-18-23-12-4-5-13-24(23)19-30-16-8-9-17-30)27-20-31(25-14-6-7-15-26(25)35-27)36(33,34)21-22-10-2-1-3-11-22/h1-7,10-15,27H,8-9,16-21H2,(H,29,32)/t27-/m0/s1. The van der Waals surface area contributed by atoms with E-state index in [1.165, 1.54) is 22.7 Å². The van der Waals surface area contributed by atoms with Crippen molar-refractivity contribution in [3.8, 4) is 5.75 Å². The highest BCUT2D eigenvalue weighted by atomic mass is 32.2. The van der Waals surface area contributed by atoms with E-state index in [1.54, 1.807) is 36.4 Å². The van der Waals surface area contributed by atoms with E-state index >= 15 is 0 Å². The van der Waals surface area contributed by atoms with Crippen molar-refractivity contribution in [2.24, 2.45) is 0 Å². The molecule has 2 aliphatic rings. The zero-order chi connectivity index (χ0) is 25.0. The highest BCUT2D eigenvalue weighted by Crippen LogP contribution is 2.35. The van der Waals surface area contributed by atoms with Crippen molar-refractivity contribution in [2.45, 2.75) is 37.8 Å². The van der Waals surface area contributed by atoms with Crippen LogP contribution in [0.4, 0.5) is 5.69 Å². The van der Waals surface area contributed by atoms with Crippen LogP contribution in [0.3, 0.4) is 0 Å². The molecule has 0 aromatic heterocycles. The Morgan fingerprint density at radius 1 is 0.889 bits per heavy atom. The first-order chi connectivity index (χ1) is 17.5. The zero-order valence-electron chi connectivity index (χ0n) is 20.2. The maximum Gasteiger partial charge on any atom is 0.263 e. The molecule has 0 saturated carbocycles. The van der Waals surface area contributed by atoms with E-state index in [2.05, 4.69) is 16.3 Å². The maximum absolute atomic E-state index is 13.4. The van der Waals surface area contributed by atoms with Crippen LogP contribution in [-0.4, -0.2) is 45.0 Å². The first kappa shape index (κ1) is 24.3. The zero-order valence-corrected chi connectivity index (χ0v) is 21.0. The lowest BCUT2D eigenvalue weighted by atomic mass is 10.1. The van der Waals surface area contributed by atoms with Gasteiger partial charge in [-0.2, -0.15) is 0 Å². The molecule has 8 heteroatoms. The third-order valence-corrected chi connectivity index (χ3v) is 8.43. The van der Waals surface area contributed by atoms with Crippen LogP contribution in [-0.2, 0) is 33.7 Å². The first-order valence-corrected chi connectivity index (χ1v) is 14.0. The predicted octanol–water partition coefficient (Wildman–Crippen LogP) is 3.70. The Balaban J connectivity index is 1.31. The van der Waals surface area contributed by atoms with Gasteiger partial charge < -0.3 is 10.1 Å². The number of amides is 1. The summed E-state index contributed by atoms with van der Waals surface area (Å²) in [6.07, 6.45) is 1.50. The highest BCUT2D eigenvalue weighted by molar-refractivity contribution is 7.92. The molecule has 1 N–H and O–H groups in total.